The predicted octanol–water partition coefficient (Wildman–Crippen LogP) is 6.23. The smallest absolute Gasteiger partial charge is 0.339 e. The van der Waals surface area contributed by atoms with Crippen LogP contribution in [0.15, 0.2) is 75.7 Å². The average molecular weight is 524 g/mol. The first-order valence-electron chi connectivity index (χ1n) is 8.17. The first-order chi connectivity index (χ1) is 13.4. The molecule has 3 aromatic rings. The number of carbonyl (C=O) groups is 2. The molecule has 0 amide bonds. The van der Waals surface area contributed by atoms with Crippen molar-refractivity contribution in [2.45, 2.75) is 6.10 Å². The third-order valence-corrected chi connectivity index (χ3v) is 5.57. The normalized spacial score (nSPS) is 11.7. The van der Waals surface area contributed by atoms with Crippen LogP contribution in [0.5, 0.6) is 0 Å². The van der Waals surface area contributed by atoms with E-state index in [0.717, 1.165) is 0 Å². The zero-order chi connectivity index (χ0) is 20.3. The first kappa shape index (κ1) is 20.6. The zero-order valence-corrected chi connectivity index (χ0v) is 18.3. The summed E-state index contributed by atoms with van der Waals surface area (Å²) in [6.07, 6.45) is -1.11. The number of carbonyl (C=O) groups excluding carboxylic acids is 2. The van der Waals surface area contributed by atoms with Gasteiger partial charge in [0.15, 0.2) is 6.10 Å². The van der Waals surface area contributed by atoms with Gasteiger partial charge in [0.05, 0.1) is 11.3 Å². The fourth-order valence-electron chi connectivity index (χ4n) is 2.54. The van der Waals surface area contributed by atoms with Crippen LogP contribution in [-0.2, 0) is 4.74 Å². The van der Waals surface area contributed by atoms with Crippen molar-refractivity contribution in [3.05, 3.63) is 97.4 Å². The van der Waals surface area contributed by atoms with Crippen LogP contribution in [-0.4, -0.2) is 11.8 Å². The lowest BCUT2D eigenvalue weighted by Crippen LogP contribution is -2.20. The minimum atomic E-state index is -1.11. The van der Waals surface area contributed by atoms with Crippen LogP contribution in [0.2, 0.25) is 5.02 Å². The molecule has 1 atom stereocenters. The summed E-state index contributed by atoms with van der Waals surface area (Å²) in [7, 11) is 0. The first-order valence-corrected chi connectivity index (χ1v) is 10.1. The Morgan fingerprint density at radius 3 is 2.04 bits per heavy atom. The molecule has 0 aliphatic rings. The molecule has 2 N–H and O–H groups in total. The number of hydrogen-bond acceptors (Lipinski definition) is 4. The summed E-state index contributed by atoms with van der Waals surface area (Å²) < 4.78 is 6.71. The molecule has 142 valence electrons. The molecular formula is C21H14Br2ClNO3. The van der Waals surface area contributed by atoms with Gasteiger partial charge in [-0.25, -0.2) is 4.79 Å². The van der Waals surface area contributed by atoms with Crippen molar-refractivity contribution in [3.8, 4) is 0 Å². The van der Waals surface area contributed by atoms with Crippen LogP contribution < -0.4 is 5.73 Å². The fraction of sp³-hybridized carbons (Fsp3) is 0.0476. The van der Waals surface area contributed by atoms with Crippen molar-refractivity contribution in [1.82, 2.24) is 0 Å². The Morgan fingerprint density at radius 1 is 0.893 bits per heavy atom. The molecular weight excluding hydrogens is 509 g/mol. The molecule has 28 heavy (non-hydrogen) atoms. The minimum Gasteiger partial charge on any atom is -0.445 e. The summed E-state index contributed by atoms with van der Waals surface area (Å²) in [5.41, 5.74) is 7.56. The Morgan fingerprint density at radius 2 is 1.46 bits per heavy atom. The van der Waals surface area contributed by atoms with E-state index in [1.807, 2.05) is 6.07 Å². The van der Waals surface area contributed by atoms with Gasteiger partial charge in [0.25, 0.3) is 0 Å². The van der Waals surface area contributed by atoms with Crippen molar-refractivity contribution in [2.75, 3.05) is 5.73 Å². The highest BCUT2D eigenvalue weighted by Crippen LogP contribution is 2.31. The van der Waals surface area contributed by atoms with Crippen LogP contribution in [0.4, 0.5) is 5.69 Å². The molecule has 0 aliphatic heterocycles. The molecule has 0 saturated heterocycles. The number of Topliss-reactive ketones (excluding diaryl/α,β-unsaturated/α-hetero) is 1. The van der Waals surface area contributed by atoms with Gasteiger partial charge in [-0.15, -0.1) is 0 Å². The third-order valence-electron chi connectivity index (χ3n) is 4.01. The van der Waals surface area contributed by atoms with E-state index in [1.54, 1.807) is 60.7 Å². The summed E-state index contributed by atoms with van der Waals surface area (Å²) in [5.74, 6) is -0.976. The number of nitrogens with two attached hydrogens (primary N) is 1. The second kappa shape index (κ2) is 8.90. The number of nitrogen functional groups attached to an aromatic ring is 1. The van der Waals surface area contributed by atoms with E-state index < -0.39 is 12.1 Å². The van der Waals surface area contributed by atoms with Crippen molar-refractivity contribution < 1.29 is 14.3 Å². The Hall–Kier alpha value is -2.15. The van der Waals surface area contributed by atoms with Gasteiger partial charge >= 0.3 is 5.97 Å². The molecule has 0 heterocycles. The Bertz CT molecular complexity index is 1000. The second-order valence-electron chi connectivity index (χ2n) is 5.92. The van der Waals surface area contributed by atoms with Gasteiger partial charge in [0.2, 0.25) is 5.78 Å². The Kier molecular flexibility index (Phi) is 6.54. The molecule has 3 rings (SSSR count). The molecule has 0 aliphatic carbocycles. The van der Waals surface area contributed by atoms with Crippen molar-refractivity contribution in [1.29, 1.82) is 0 Å². The lowest BCUT2D eigenvalue weighted by atomic mass is 9.99. The summed E-state index contributed by atoms with van der Waals surface area (Å²) in [6.45, 7) is 0. The molecule has 0 bridgehead atoms. The summed E-state index contributed by atoms with van der Waals surface area (Å²) in [5, 5.41) is 0.521. The highest BCUT2D eigenvalue weighted by atomic mass is 79.9. The number of hydrogen-bond donors (Lipinski definition) is 1. The van der Waals surface area contributed by atoms with Gasteiger partial charge in [0, 0.05) is 25.1 Å². The molecule has 0 saturated carbocycles. The van der Waals surface area contributed by atoms with E-state index in [1.165, 1.54) is 0 Å². The fourth-order valence-corrected chi connectivity index (χ4v) is 3.85. The zero-order valence-electron chi connectivity index (χ0n) is 14.4. The number of esters is 1. The highest BCUT2D eigenvalue weighted by Gasteiger charge is 2.27. The van der Waals surface area contributed by atoms with Crippen molar-refractivity contribution in [2.24, 2.45) is 0 Å². The standard InChI is InChI=1S/C21H14Br2ClNO3/c22-16-10-14(11-17(23)18(16)25)21(27)28-20(13-6-8-15(24)9-7-13)19(26)12-4-2-1-3-5-12/h1-11,20H,25H2/t20-/m0/s1. The molecule has 3 aromatic carbocycles. The maximum Gasteiger partial charge on any atom is 0.339 e. The molecule has 0 fully saturated rings. The number of ether oxygens (including phenoxy) is 1. The highest BCUT2D eigenvalue weighted by molar-refractivity contribution is 9.11. The van der Waals surface area contributed by atoms with Crippen LogP contribution in [0.25, 0.3) is 0 Å². The predicted molar refractivity (Wildman–Crippen MR) is 117 cm³/mol. The van der Waals surface area contributed by atoms with Crippen molar-refractivity contribution >= 4 is 60.9 Å². The lowest BCUT2D eigenvalue weighted by molar-refractivity contribution is 0.0280. The molecule has 0 radical (unpaired) electrons. The monoisotopic (exact) mass is 521 g/mol. The molecule has 7 heteroatoms. The lowest BCUT2D eigenvalue weighted by Gasteiger charge is -2.18. The third kappa shape index (κ3) is 4.63. The largest absolute Gasteiger partial charge is 0.445 e. The van der Waals surface area contributed by atoms with Gasteiger partial charge in [-0.05, 0) is 56.1 Å². The SMILES string of the molecule is Nc1c(Br)cc(C(=O)O[C@H](C(=O)c2ccccc2)c2ccc(Cl)cc2)cc1Br. The number of rotatable bonds is 5. The van der Waals surface area contributed by atoms with Crippen LogP contribution in [0.3, 0.4) is 0 Å². The number of halogens is 3. The van der Waals surface area contributed by atoms with E-state index in [4.69, 9.17) is 22.1 Å². The van der Waals surface area contributed by atoms with Crippen LogP contribution >= 0.6 is 43.5 Å². The molecule has 0 unspecified atom stereocenters. The summed E-state index contributed by atoms with van der Waals surface area (Å²) >= 11 is 12.6. The van der Waals surface area contributed by atoms with E-state index in [-0.39, 0.29) is 11.3 Å². The minimum absolute atomic E-state index is 0.257. The van der Waals surface area contributed by atoms with E-state index in [9.17, 15) is 9.59 Å². The van der Waals surface area contributed by atoms with Crippen LogP contribution in [0, 0.1) is 0 Å². The van der Waals surface area contributed by atoms with Gasteiger partial charge in [-0.2, -0.15) is 0 Å². The molecule has 4 nitrogen and oxygen atoms in total. The van der Waals surface area contributed by atoms with E-state index >= 15 is 0 Å². The van der Waals surface area contributed by atoms with Crippen LogP contribution in [0.1, 0.15) is 32.4 Å². The number of benzene rings is 3. The average Bonchev–Trinajstić information content (AvgIpc) is 2.70. The Balaban J connectivity index is 1.96. The number of ketones is 1. The van der Waals surface area contributed by atoms with Gasteiger partial charge in [0.1, 0.15) is 0 Å². The maximum absolute atomic E-state index is 13.0. The molecule has 0 aromatic heterocycles. The van der Waals surface area contributed by atoms with Gasteiger partial charge in [-0.1, -0.05) is 54.1 Å². The van der Waals surface area contributed by atoms with E-state index in [0.29, 0.717) is 30.8 Å². The van der Waals surface area contributed by atoms with E-state index in [2.05, 4.69) is 31.9 Å². The Labute approximate surface area is 183 Å². The summed E-state index contributed by atoms with van der Waals surface area (Å²) in [4.78, 5) is 25.8. The maximum atomic E-state index is 13.0. The second-order valence-corrected chi connectivity index (χ2v) is 8.07. The quantitative estimate of drug-likeness (QED) is 0.245. The van der Waals surface area contributed by atoms with Crippen molar-refractivity contribution in [3.63, 3.8) is 0 Å². The topological polar surface area (TPSA) is 69.4 Å². The summed E-state index contributed by atoms with van der Waals surface area (Å²) in [6, 6.07) is 18.4. The molecule has 0 spiro atoms. The number of anilines is 1. The van der Waals surface area contributed by atoms with Gasteiger partial charge < -0.3 is 10.5 Å². The van der Waals surface area contributed by atoms with Gasteiger partial charge in [-0.3, -0.25) is 4.79 Å².